The molecule has 0 spiro atoms. The van der Waals surface area contributed by atoms with Crippen molar-refractivity contribution in [1.29, 1.82) is 5.26 Å². The molecule has 0 aromatic heterocycles. The third kappa shape index (κ3) is 2.88. The largest absolute Gasteiger partial charge is 0.478 e. The molecule has 1 aromatic carbocycles. The number of benzene rings is 1. The molecule has 0 unspecified atom stereocenters. The number of anilines is 2. The van der Waals surface area contributed by atoms with Crippen LogP contribution in [0.4, 0.5) is 15.8 Å². The number of aromatic carboxylic acids is 1. The van der Waals surface area contributed by atoms with Gasteiger partial charge in [0.1, 0.15) is 5.82 Å². The number of nitrogens with zero attached hydrogens (tertiary/aromatic N) is 2. The number of rotatable bonds is 5. The topological polar surface area (TPSA) is 90.3 Å². The molecular weight excluding hydrogens is 237 g/mol. The Morgan fingerprint density at radius 2 is 2.28 bits per heavy atom. The van der Waals surface area contributed by atoms with Gasteiger partial charge in [-0.2, -0.15) is 5.26 Å². The van der Waals surface area contributed by atoms with E-state index >= 15 is 0 Å². The maximum Gasteiger partial charge on any atom is 0.337 e. The van der Waals surface area contributed by atoms with Crippen LogP contribution in [0.3, 0.4) is 0 Å². The molecule has 18 heavy (non-hydrogen) atoms. The summed E-state index contributed by atoms with van der Waals surface area (Å²) in [6.45, 7) is 2.61. The first-order valence-electron chi connectivity index (χ1n) is 5.45. The van der Waals surface area contributed by atoms with Crippen molar-refractivity contribution in [3.05, 3.63) is 23.5 Å². The first-order valence-corrected chi connectivity index (χ1v) is 5.45. The van der Waals surface area contributed by atoms with Gasteiger partial charge in [0.15, 0.2) is 0 Å². The van der Waals surface area contributed by atoms with E-state index in [4.69, 9.17) is 16.1 Å². The SMILES string of the molecule is CCN(CCC#N)c1cc(C(=O)O)c(N)cc1F. The number of nitriles is 1. The van der Waals surface area contributed by atoms with Crippen LogP contribution in [0.25, 0.3) is 0 Å². The van der Waals surface area contributed by atoms with E-state index in [1.807, 2.05) is 6.07 Å². The van der Waals surface area contributed by atoms with E-state index in [9.17, 15) is 9.18 Å². The number of hydrogen-bond acceptors (Lipinski definition) is 4. The number of halogens is 1. The van der Waals surface area contributed by atoms with Crippen LogP contribution >= 0.6 is 0 Å². The molecule has 0 atom stereocenters. The number of carboxylic acid groups (broad SMARTS) is 1. The molecule has 0 bridgehead atoms. The summed E-state index contributed by atoms with van der Waals surface area (Å²) in [5.41, 5.74) is 5.35. The highest BCUT2D eigenvalue weighted by Gasteiger charge is 2.16. The molecule has 0 aliphatic heterocycles. The second-order valence-corrected chi connectivity index (χ2v) is 3.68. The summed E-state index contributed by atoms with van der Waals surface area (Å²) < 4.78 is 13.8. The van der Waals surface area contributed by atoms with Crippen molar-refractivity contribution in [3.63, 3.8) is 0 Å². The van der Waals surface area contributed by atoms with Crippen molar-refractivity contribution >= 4 is 17.3 Å². The van der Waals surface area contributed by atoms with E-state index in [-0.39, 0.29) is 23.4 Å². The van der Waals surface area contributed by atoms with Crippen molar-refractivity contribution in [1.82, 2.24) is 0 Å². The van der Waals surface area contributed by atoms with Crippen molar-refractivity contribution in [2.24, 2.45) is 0 Å². The molecule has 5 nitrogen and oxygen atoms in total. The summed E-state index contributed by atoms with van der Waals surface area (Å²) in [5.74, 6) is -1.79. The maximum atomic E-state index is 13.8. The normalized spacial score (nSPS) is 9.83. The summed E-state index contributed by atoms with van der Waals surface area (Å²) in [5, 5.41) is 17.5. The van der Waals surface area contributed by atoms with Crippen LogP contribution in [-0.2, 0) is 0 Å². The van der Waals surface area contributed by atoms with Gasteiger partial charge in [-0.05, 0) is 19.1 Å². The third-order valence-electron chi connectivity index (χ3n) is 2.57. The Morgan fingerprint density at radius 1 is 1.61 bits per heavy atom. The van der Waals surface area contributed by atoms with Gasteiger partial charge in [0, 0.05) is 18.8 Å². The van der Waals surface area contributed by atoms with Gasteiger partial charge in [-0.3, -0.25) is 0 Å². The first-order chi connectivity index (χ1) is 8.51. The van der Waals surface area contributed by atoms with E-state index in [1.165, 1.54) is 6.07 Å². The summed E-state index contributed by atoms with van der Waals surface area (Å²) in [4.78, 5) is 12.5. The lowest BCUT2D eigenvalue weighted by molar-refractivity contribution is 0.0698. The lowest BCUT2D eigenvalue weighted by atomic mass is 10.1. The molecule has 0 radical (unpaired) electrons. The molecule has 6 heteroatoms. The standard InChI is InChI=1S/C12H14FN3O2/c1-2-16(5-3-4-14)11-6-8(12(17)18)10(15)7-9(11)13/h6-7H,2-3,5,15H2,1H3,(H,17,18). The lowest BCUT2D eigenvalue weighted by Crippen LogP contribution is -2.25. The van der Waals surface area contributed by atoms with Gasteiger partial charge in [0.25, 0.3) is 0 Å². The predicted octanol–water partition coefficient (Wildman–Crippen LogP) is 1.85. The maximum absolute atomic E-state index is 13.8. The zero-order valence-corrected chi connectivity index (χ0v) is 9.98. The molecule has 3 N–H and O–H groups in total. The molecule has 0 aliphatic rings. The predicted molar refractivity (Wildman–Crippen MR) is 65.9 cm³/mol. The highest BCUT2D eigenvalue weighted by Crippen LogP contribution is 2.25. The van der Waals surface area contributed by atoms with Crippen molar-refractivity contribution < 1.29 is 14.3 Å². The first kappa shape index (κ1) is 13.8. The van der Waals surface area contributed by atoms with Crippen LogP contribution in [0.2, 0.25) is 0 Å². The van der Waals surface area contributed by atoms with Crippen molar-refractivity contribution in [2.75, 3.05) is 23.7 Å². The third-order valence-corrected chi connectivity index (χ3v) is 2.57. The fraction of sp³-hybridized carbons (Fsp3) is 0.333. The lowest BCUT2D eigenvalue weighted by Gasteiger charge is -2.23. The number of nitrogen functional groups attached to an aromatic ring is 1. The van der Waals surface area contributed by atoms with Gasteiger partial charge in [-0.25, -0.2) is 9.18 Å². The highest BCUT2D eigenvalue weighted by molar-refractivity contribution is 5.95. The Labute approximate surface area is 104 Å². The van der Waals surface area contributed by atoms with Crippen molar-refractivity contribution in [3.8, 4) is 6.07 Å². The van der Waals surface area contributed by atoms with E-state index in [2.05, 4.69) is 0 Å². The number of carbonyl (C=O) groups is 1. The number of nitrogens with two attached hydrogens (primary N) is 1. The molecule has 0 fully saturated rings. The van der Waals surface area contributed by atoms with Crippen LogP contribution < -0.4 is 10.6 Å². The van der Waals surface area contributed by atoms with Gasteiger partial charge in [0.2, 0.25) is 0 Å². The van der Waals surface area contributed by atoms with Gasteiger partial charge in [-0.15, -0.1) is 0 Å². The zero-order chi connectivity index (χ0) is 13.7. The Hall–Kier alpha value is -2.29. The molecule has 0 saturated heterocycles. The van der Waals surface area contributed by atoms with Crippen LogP contribution in [-0.4, -0.2) is 24.2 Å². The Balaban J connectivity index is 3.18. The minimum atomic E-state index is -1.20. The second-order valence-electron chi connectivity index (χ2n) is 3.68. The Morgan fingerprint density at radius 3 is 2.78 bits per heavy atom. The van der Waals surface area contributed by atoms with Gasteiger partial charge < -0.3 is 15.7 Å². The molecule has 96 valence electrons. The summed E-state index contributed by atoms with van der Waals surface area (Å²) >= 11 is 0. The zero-order valence-electron chi connectivity index (χ0n) is 9.98. The quantitative estimate of drug-likeness (QED) is 0.779. The van der Waals surface area contributed by atoms with Gasteiger partial charge in [-0.1, -0.05) is 0 Å². The van der Waals surface area contributed by atoms with E-state index in [1.54, 1.807) is 11.8 Å². The highest BCUT2D eigenvalue weighted by atomic mass is 19.1. The second kappa shape index (κ2) is 5.87. The van der Waals surface area contributed by atoms with Gasteiger partial charge >= 0.3 is 5.97 Å². The molecule has 0 heterocycles. The fourth-order valence-electron chi connectivity index (χ4n) is 1.64. The summed E-state index contributed by atoms with van der Waals surface area (Å²) in [6, 6.07) is 4.16. The molecule has 1 aromatic rings. The smallest absolute Gasteiger partial charge is 0.337 e. The van der Waals surface area contributed by atoms with Crippen LogP contribution in [0.5, 0.6) is 0 Å². The molecule has 0 amide bonds. The molecular formula is C12H14FN3O2. The minimum Gasteiger partial charge on any atom is -0.478 e. The summed E-state index contributed by atoms with van der Waals surface area (Å²) in [6.07, 6.45) is 0.236. The van der Waals surface area contributed by atoms with E-state index < -0.39 is 11.8 Å². The van der Waals surface area contributed by atoms with Crippen LogP contribution in [0, 0.1) is 17.1 Å². The Kier molecular flexibility index (Phi) is 4.49. The monoisotopic (exact) mass is 251 g/mol. The van der Waals surface area contributed by atoms with Crippen LogP contribution in [0.15, 0.2) is 12.1 Å². The van der Waals surface area contributed by atoms with Crippen molar-refractivity contribution in [2.45, 2.75) is 13.3 Å². The molecule has 1 rings (SSSR count). The fourth-order valence-corrected chi connectivity index (χ4v) is 1.64. The van der Waals surface area contributed by atoms with E-state index in [0.29, 0.717) is 13.1 Å². The Bertz CT molecular complexity index is 497. The average Bonchev–Trinajstić information content (AvgIpc) is 2.31. The van der Waals surface area contributed by atoms with Crippen LogP contribution in [0.1, 0.15) is 23.7 Å². The van der Waals surface area contributed by atoms with E-state index in [0.717, 1.165) is 6.07 Å². The molecule has 0 saturated carbocycles. The number of carboxylic acids is 1. The average molecular weight is 251 g/mol. The molecule has 0 aliphatic carbocycles. The minimum absolute atomic E-state index is 0.111. The van der Waals surface area contributed by atoms with Gasteiger partial charge in [0.05, 0.1) is 23.7 Å². The summed E-state index contributed by atoms with van der Waals surface area (Å²) in [7, 11) is 0. The number of hydrogen-bond donors (Lipinski definition) is 2.